The van der Waals surface area contributed by atoms with Crippen molar-refractivity contribution in [3.63, 3.8) is 0 Å². The molecule has 3 N–H and O–H groups in total. The van der Waals surface area contributed by atoms with Gasteiger partial charge in [-0.3, -0.25) is 4.57 Å². The van der Waals surface area contributed by atoms with E-state index in [-0.39, 0.29) is 23.7 Å². The van der Waals surface area contributed by atoms with Crippen LogP contribution in [0.15, 0.2) is 34.2 Å². The molecule has 3 heterocycles. The quantitative estimate of drug-likeness (QED) is 0.243. The monoisotopic (exact) mass is 519 g/mol. The Balaban J connectivity index is 1.94. The molecule has 0 unspecified atom stereocenters. The molecule has 0 aliphatic rings. The number of ether oxygens (including phenoxy) is 1. The van der Waals surface area contributed by atoms with Gasteiger partial charge in [-0.05, 0) is 31.0 Å². The second kappa shape index (κ2) is 10.7. The summed E-state index contributed by atoms with van der Waals surface area (Å²) in [5.74, 6) is 0.706. The number of aromatic amines is 1. The van der Waals surface area contributed by atoms with Crippen molar-refractivity contribution >= 4 is 26.8 Å². The second-order valence-electron chi connectivity index (χ2n) is 8.10. The Morgan fingerprint density at radius 1 is 1.11 bits per heavy atom. The topological polar surface area (TPSA) is 168 Å². The summed E-state index contributed by atoms with van der Waals surface area (Å²) in [6, 6.07) is 4.40. The summed E-state index contributed by atoms with van der Waals surface area (Å²) in [7, 11) is -4.04. The molecule has 36 heavy (non-hydrogen) atoms. The van der Waals surface area contributed by atoms with Crippen LogP contribution in [-0.4, -0.2) is 85.0 Å². The molecular weight excluding hydrogens is 490 g/mol. The van der Waals surface area contributed by atoms with E-state index in [1.807, 2.05) is 13.8 Å². The second-order valence-corrected chi connectivity index (χ2v) is 10.0. The molecule has 0 radical (unpaired) electrons. The van der Waals surface area contributed by atoms with Crippen LogP contribution in [0.2, 0.25) is 0 Å². The zero-order valence-electron chi connectivity index (χ0n) is 20.1. The first-order valence-corrected chi connectivity index (χ1v) is 13.1. The van der Waals surface area contributed by atoms with E-state index >= 15 is 0 Å². The maximum absolute atomic E-state index is 13.3. The van der Waals surface area contributed by atoms with E-state index < -0.39 is 23.2 Å². The molecule has 0 saturated carbocycles. The number of aliphatic hydroxyl groups is 2. The van der Waals surface area contributed by atoms with E-state index in [1.54, 1.807) is 6.07 Å². The third kappa shape index (κ3) is 4.59. The molecule has 0 spiro atoms. The minimum Gasteiger partial charge on any atom is -0.493 e. The van der Waals surface area contributed by atoms with Gasteiger partial charge in [-0.15, -0.1) is 10.2 Å². The van der Waals surface area contributed by atoms with E-state index in [0.29, 0.717) is 53.5 Å². The molecule has 4 aromatic rings. The van der Waals surface area contributed by atoms with Gasteiger partial charge in [-0.2, -0.15) is 4.31 Å². The predicted molar refractivity (Wildman–Crippen MR) is 131 cm³/mol. The molecule has 0 bridgehead atoms. The Hall–Kier alpha value is -3.33. The Kier molecular flexibility index (Phi) is 7.68. The maximum Gasteiger partial charge on any atom is 0.336 e. The van der Waals surface area contributed by atoms with Gasteiger partial charge in [-0.25, -0.2) is 22.6 Å². The van der Waals surface area contributed by atoms with Gasteiger partial charge in [0.2, 0.25) is 10.0 Å². The summed E-state index contributed by atoms with van der Waals surface area (Å²) < 4.78 is 36.3. The first-order chi connectivity index (χ1) is 17.4. The third-order valence-electron chi connectivity index (χ3n) is 5.60. The fraction of sp³-hybridized carbons (Fsp3) is 0.455. The summed E-state index contributed by atoms with van der Waals surface area (Å²) in [5, 5.41) is 26.6. The Bertz CT molecular complexity index is 1520. The normalized spacial score (nSPS) is 12.2. The highest BCUT2D eigenvalue weighted by Crippen LogP contribution is 2.33. The van der Waals surface area contributed by atoms with Gasteiger partial charge in [0.1, 0.15) is 23.4 Å². The van der Waals surface area contributed by atoms with Crippen LogP contribution in [0.4, 0.5) is 0 Å². The van der Waals surface area contributed by atoms with Crippen molar-refractivity contribution in [2.75, 3.05) is 32.9 Å². The summed E-state index contributed by atoms with van der Waals surface area (Å²) in [6.45, 7) is 3.60. The van der Waals surface area contributed by atoms with E-state index in [2.05, 4.69) is 20.2 Å². The number of sulfonamides is 1. The molecular formula is C22H29N7O6S. The molecule has 14 heteroatoms. The minimum atomic E-state index is -4.04. The highest BCUT2D eigenvalue weighted by molar-refractivity contribution is 7.89. The Labute approximate surface area is 207 Å². The van der Waals surface area contributed by atoms with Crippen LogP contribution in [0.25, 0.3) is 28.2 Å². The van der Waals surface area contributed by atoms with Gasteiger partial charge in [0, 0.05) is 19.6 Å². The number of aliphatic hydroxyl groups excluding tert-OH is 2. The highest BCUT2D eigenvalue weighted by Gasteiger charge is 2.26. The van der Waals surface area contributed by atoms with Crippen LogP contribution in [0.5, 0.6) is 5.75 Å². The van der Waals surface area contributed by atoms with Crippen LogP contribution < -0.4 is 10.4 Å². The van der Waals surface area contributed by atoms with Gasteiger partial charge >= 0.3 is 5.69 Å². The van der Waals surface area contributed by atoms with Crippen molar-refractivity contribution in [3.05, 3.63) is 35.0 Å². The largest absolute Gasteiger partial charge is 0.493 e. The summed E-state index contributed by atoms with van der Waals surface area (Å²) in [4.78, 5) is 20.8. The molecule has 0 aliphatic heterocycles. The van der Waals surface area contributed by atoms with Gasteiger partial charge < -0.3 is 19.9 Å². The number of nitrogens with one attached hydrogen (secondary N) is 1. The van der Waals surface area contributed by atoms with Crippen LogP contribution in [-0.2, 0) is 16.6 Å². The number of aryl methyl sites for hydroxylation is 1. The smallest absolute Gasteiger partial charge is 0.336 e. The molecule has 13 nitrogen and oxygen atoms in total. The average Bonchev–Trinajstić information content (AvgIpc) is 3.53. The van der Waals surface area contributed by atoms with Crippen molar-refractivity contribution < 1.29 is 23.4 Å². The van der Waals surface area contributed by atoms with E-state index in [0.717, 1.165) is 10.7 Å². The Morgan fingerprint density at radius 2 is 1.86 bits per heavy atom. The summed E-state index contributed by atoms with van der Waals surface area (Å²) in [6.07, 6.45) is 2.76. The van der Waals surface area contributed by atoms with E-state index in [4.69, 9.17) is 4.74 Å². The van der Waals surface area contributed by atoms with Crippen LogP contribution in [0.1, 0.15) is 26.7 Å². The molecule has 194 valence electrons. The summed E-state index contributed by atoms with van der Waals surface area (Å²) in [5.41, 5.74) is 1.20. The number of hydrogen-bond donors (Lipinski definition) is 3. The number of aromatic nitrogens is 6. The lowest BCUT2D eigenvalue weighted by molar-refractivity contribution is 0.217. The minimum absolute atomic E-state index is 0.0534. The van der Waals surface area contributed by atoms with Crippen molar-refractivity contribution in [2.24, 2.45) is 0 Å². The maximum atomic E-state index is 13.3. The Morgan fingerprint density at radius 3 is 2.53 bits per heavy atom. The number of hydrogen-bond acceptors (Lipinski definition) is 9. The van der Waals surface area contributed by atoms with E-state index in [9.17, 15) is 23.4 Å². The van der Waals surface area contributed by atoms with Crippen molar-refractivity contribution in [1.82, 2.24) is 33.4 Å². The lowest BCUT2D eigenvalue weighted by Gasteiger charge is -2.21. The molecule has 0 amide bonds. The number of benzene rings is 1. The molecule has 0 saturated heterocycles. The molecule has 0 fully saturated rings. The standard InChI is InChI=1S/C22H29N7O6S/c1-3-7-28-20-18(21-26-23-14-29(21)22(28)32)24-19(25-20)16-13-15(5-6-17(16)35-12-4-2)36(33,34)27(8-10-30)9-11-31/h5-6,13-14,30-31H,3-4,7-12H2,1-2H3,(H,24,25). The van der Waals surface area contributed by atoms with Gasteiger partial charge in [0.05, 0.1) is 30.3 Å². The lowest BCUT2D eigenvalue weighted by atomic mass is 10.2. The van der Waals surface area contributed by atoms with Crippen molar-refractivity contribution in [3.8, 4) is 17.1 Å². The average molecular weight is 520 g/mol. The van der Waals surface area contributed by atoms with Crippen LogP contribution >= 0.6 is 0 Å². The SMILES string of the molecule is CCCOc1ccc(S(=O)(=O)N(CCO)CCO)cc1-c1nc2c([nH]1)c1nncn1c(=O)n2CCC. The number of H-pyrrole nitrogens is 1. The van der Waals surface area contributed by atoms with Crippen LogP contribution in [0, 0.1) is 0 Å². The number of rotatable bonds is 12. The first kappa shape index (κ1) is 25.8. The zero-order valence-corrected chi connectivity index (χ0v) is 20.9. The lowest BCUT2D eigenvalue weighted by Crippen LogP contribution is -2.35. The number of fused-ring (bicyclic) bond motifs is 3. The molecule has 4 rings (SSSR count). The van der Waals surface area contributed by atoms with Gasteiger partial charge in [-0.1, -0.05) is 13.8 Å². The molecule has 0 atom stereocenters. The zero-order chi connectivity index (χ0) is 25.9. The number of nitrogens with zero attached hydrogens (tertiary/aromatic N) is 6. The third-order valence-corrected chi connectivity index (χ3v) is 7.49. The van der Waals surface area contributed by atoms with Gasteiger partial charge in [0.15, 0.2) is 11.3 Å². The van der Waals surface area contributed by atoms with Gasteiger partial charge in [0.25, 0.3) is 0 Å². The number of imidazole rings is 1. The fourth-order valence-electron chi connectivity index (χ4n) is 3.95. The van der Waals surface area contributed by atoms with Crippen molar-refractivity contribution in [1.29, 1.82) is 0 Å². The molecule has 3 aromatic heterocycles. The van der Waals surface area contributed by atoms with E-state index in [1.165, 1.54) is 27.4 Å². The molecule has 1 aromatic carbocycles. The fourth-order valence-corrected chi connectivity index (χ4v) is 5.40. The highest BCUT2D eigenvalue weighted by atomic mass is 32.2. The molecule has 0 aliphatic carbocycles. The van der Waals surface area contributed by atoms with Crippen molar-refractivity contribution in [2.45, 2.75) is 38.1 Å². The predicted octanol–water partition coefficient (Wildman–Crippen LogP) is 0.608. The first-order valence-electron chi connectivity index (χ1n) is 11.7. The van der Waals surface area contributed by atoms with Crippen LogP contribution in [0.3, 0.4) is 0 Å². The summed E-state index contributed by atoms with van der Waals surface area (Å²) >= 11 is 0.